The van der Waals surface area contributed by atoms with E-state index < -0.39 is 11.3 Å². The maximum Gasteiger partial charge on any atom is 0.338 e. The van der Waals surface area contributed by atoms with Crippen LogP contribution in [0.3, 0.4) is 0 Å². The highest BCUT2D eigenvalue weighted by molar-refractivity contribution is 6.31. The first kappa shape index (κ1) is 14.7. The van der Waals surface area contributed by atoms with Crippen LogP contribution >= 0.6 is 11.6 Å². The van der Waals surface area contributed by atoms with E-state index in [1.165, 1.54) is 6.92 Å². The Morgan fingerprint density at radius 2 is 2.00 bits per heavy atom. The van der Waals surface area contributed by atoms with E-state index in [1.807, 2.05) is 13.0 Å². The third-order valence-electron chi connectivity index (χ3n) is 2.68. The van der Waals surface area contributed by atoms with Crippen molar-refractivity contribution in [1.29, 1.82) is 0 Å². The van der Waals surface area contributed by atoms with Gasteiger partial charge >= 0.3 is 5.97 Å². The topological polar surface area (TPSA) is 43.4 Å². The number of hydrogen-bond acceptors (Lipinski definition) is 3. The molecule has 1 aromatic carbocycles. The molecule has 1 aromatic rings. The number of carbonyl (C=O) groups is 2. The van der Waals surface area contributed by atoms with Crippen molar-refractivity contribution in [3.05, 3.63) is 34.9 Å². The summed E-state index contributed by atoms with van der Waals surface area (Å²) in [6, 6.07) is 5.29. The largest absolute Gasteiger partial charge is 0.462 e. The molecule has 0 aromatic heterocycles. The predicted molar refractivity (Wildman–Crippen MR) is 71.1 cm³/mol. The average molecular weight is 269 g/mol. The van der Waals surface area contributed by atoms with E-state index >= 15 is 0 Å². The quantitative estimate of drug-likeness (QED) is 0.608. The van der Waals surface area contributed by atoms with Gasteiger partial charge in [0.05, 0.1) is 12.2 Å². The molecule has 1 unspecified atom stereocenters. The zero-order valence-corrected chi connectivity index (χ0v) is 11.6. The van der Waals surface area contributed by atoms with Crippen LogP contribution in [0.2, 0.25) is 0 Å². The lowest BCUT2D eigenvalue weighted by molar-refractivity contribution is -0.116. The number of ether oxygens (including phenoxy) is 1. The highest BCUT2D eigenvalue weighted by Gasteiger charge is 2.24. The number of Topliss-reactive ketones (excluding diaryl/α,β-unsaturated/α-hetero) is 1. The van der Waals surface area contributed by atoms with Crippen LogP contribution in [0.25, 0.3) is 0 Å². The van der Waals surface area contributed by atoms with Crippen LogP contribution in [-0.4, -0.2) is 18.4 Å². The fraction of sp³-hybridized carbons (Fsp3) is 0.429. The minimum absolute atomic E-state index is 0.178. The Bertz CT molecular complexity index is 454. The van der Waals surface area contributed by atoms with Gasteiger partial charge in [0.15, 0.2) is 5.78 Å². The van der Waals surface area contributed by atoms with Crippen LogP contribution in [0.5, 0.6) is 0 Å². The van der Waals surface area contributed by atoms with E-state index in [0.717, 1.165) is 5.56 Å². The molecule has 0 spiro atoms. The fourth-order valence-electron chi connectivity index (χ4n) is 1.81. The number of halogens is 1. The Balaban J connectivity index is 3.33. The van der Waals surface area contributed by atoms with Crippen molar-refractivity contribution in [2.45, 2.75) is 32.6 Å². The minimum atomic E-state index is -0.805. The van der Waals surface area contributed by atoms with Gasteiger partial charge in [-0.3, -0.25) is 4.79 Å². The molecule has 0 N–H and O–H groups in total. The van der Waals surface area contributed by atoms with Crippen LogP contribution in [0.4, 0.5) is 0 Å². The van der Waals surface area contributed by atoms with Crippen molar-refractivity contribution < 1.29 is 14.3 Å². The molecule has 0 aliphatic rings. The minimum Gasteiger partial charge on any atom is -0.462 e. The van der Waals surface area contributed by atoms with Gasteiger partial charge in [-0.1, -0.05) is 19.1 Å². The first-order valence-corrected chi connectivity index (χ1v) is 6.39. The zero-order chi connectivity index (χ0) is 13.7. The van der Waals surface area contributed by atoms with Crippen LogP contribution < -0.4 is 0 Å². The number of ketones is 1. The lowest BCUT2D eigenvalue weighted by Gasteiger charge is -2.16. The summed E-state index contributed by atoms with van der Waals surface area (Å²) < 4.78 is 4.99. The Morgan fingerprint density at radius 3 is 2.50 bits per heavy atom. The van der Waals surface area contributed by atoms with Crippen molar-refractivity contribution in [3.8, 4) is 0 Å². The van der Waals surface area contributed by atoms with Gasteiger partial charge in [0, 0.05) is 0 Å². The summed E-state index contributed by atoms with van der Waals surface area (Å²) in [6.45, 7) is 5.41. The fourth-order valence-corrected chi connectivity index (χ4v) is 2.07. The lowest BCUT2D eigenvalue weighted by Crippen LogP contribution is -2.14. The molecule has 0 heterocycles. The van der Waals surface area contributed by atoms with Gasteiger partial charge in [0.2, 0.25) is 0 Å². The number of esters is 1. The molecule has 0 amide bonds. The number of carbonyl (C=O) groups excluding carboxylic acids is 2. The summed E-state index contributed by atoms with van der Waals surface area (Å²) in [5.41, 5.74) is 1.86. The molecule has 0 fully saturated rings. The summed E-state index contributed by atoms with van der Waals surface area (Å²) in [6.07, 6.45) is 0.707. The summed E-state index contributed by atoms with van der Waals surface area (Å²) in [4.78, 5) is 23.3. The first-order chi connectivity index (χ1) is 8.52. The van der Waals surface area contributed by atoms with Crippen LogP contribution in [0, 0.1) is 0 Å². The second kappa shape index (κ2) is 6.55. The number of benzene rings is 1. The van der Waals surface area contributed by atoms with Crippen molar-refractivity contribution in [1.82, 2.24) is 0 Å². The molecule has 98 valence electrons. The third-order valence-corrected chi connectivity index (χ3v) is 3.21. The van der Waals surface area contributed by atoms with Crippen molar-refractivity contribution in [2.24, 2.45) is 0 Å². The van der Waals surface area contributed by atoms with Crippen LogP contribution in [-0.2, 0) is 16.0 Å². The molecule has 0 radical (unpaired) electrons. The van der Waals surface area contributed by atoms with Crippen molar-refractivity contribution in [3.63, 3.8) is 0 Å². The first-order valence-electron chi connectivity index (χ1n) is 5.96. The highest BCUT2D eigenvalue weighted by atomic mass is 35.5. The number of alkyl halides is 1. The second-order valence-corrected chi connectivity index (χ2v) is 4.36. The standard InChI is InChI=1S/C14H17ClO3/c1-4-10-7-6-8-11(14(17)18-5-2)12(10)13(15)9(3)16/h6-8,13H,4-5H2,1-3H3. The summed E-state index contributed by atoms with van der Waals surface area (Å²) in [5, 5.41) is -0.805. The van der Waals surface area contributed by atoms with E-state index in [0.29, 0.717) is 24.2 Å². The van der Waals surface area contributed by atoms with Crippen LogP contribution in [0.15, 0.2) is 18.2 Å². The Morgan fingerprint density at radius 1 is 1.33 bits per heavy atom. The zero-order valence-electron chi connectivity index (χ0n) is 10.8. The number of rotatable bonds is 5. The van der Waals surface area contributed by atoms with Gasteiger partial charge < -0.3 is 4.74 Å². The van der Waals surface area contributed by atoms with Gasteiger partial charge in [-0.15, -0.1) is 11.6 Å². The molecule has 0 aliphatic carbocycles. The van der Waals surface area contributed by atoms with Gasteiger partial charge in [-0.05, 0) is 37.5 Å². The van der Waals surface area contributed by atoms with E-state index in [-0.39, 0.29) is 5.78 Å². The van der Waals surface area contributed by atoms with E-state index in [4.69, 9.17) is 16.3 Å². The summed E-state index contributed by atoms with van der Waals surface area (Å²) in [5.74, 6) is -0.613. The molecule has 0 saturated heterocycles. The molecular formula is C14H17ClO3. The number of aryl methyl sites for hydroxylation is 1. The Labute approximate surface area is 112 Å². The second-order valence-electron chi connectivity index (χ2n) is 3.93. The smallest absolute Gasteiger partial charge is 0.338 e. The van der Waals surface area contributed by atoms with E-state index in [2.05, 4.69) is 0 Å². The van der Waals surface area contributed by atoms with Crippen molar-refractivity contribution in [2.75, 3.05) is 6.61 Å². The molecule has 1 atom stereocenters. The normalized spacial score (nSPS) is 12.0. The molecule has 4 heteroatoms. The van der Waals surface area contributed by atoms with E-state index in [1.54, 1.807) is 19.1 Å². The highest BCUT2D eigenvalue weighted by Crippen LogP contribution is 2.29. The third kappa shape index (κ3) is 3.10. The molecule has 3 nitrogen and oxygen atoms in total. The van der Waals surface area contributed by atoms with Gasteiger partial charge in [0.1, 0.15) is 5.38 Å². The Kier molecular flexibility index (Phi) is 5.35. The van der Waals surface area contributed by atoms with Gasteiger partial charge in [0.25, 0.3) is 0 Å². The molecule has 18 heavy (non-hydrogen) atoms. The monoisotopic (exact) mass is 268 g/mol. The molecular weight excluding hydrogens is 252 g/mol. The molecule has 1 rings (SSSR count). The predicted octanol–water partition coefficient (Wildman–Crippen LogP) is 3.29. The van der Waals surface area contributed by atoms with E-state index in [9.17, 15) is 9.59 Å². The summed E-state index contributed by atoms with van der Waals surface area (Å²) >= 11 is 6.12. The van der Waals surface area contributed by atoms with Gasteiger partial charge in [-0.25, -0.2) is 4.79 Å². The maximum atomic E-state index is 11.9. The number of hydrogen-bond donors (Lipinski definition) is 0. The molecule has 0 saturated carbocycles. The average Bonchev–Trinajstić information content (AvgIpc) is 2.37. The Hall–Kier alpha value is -1.35. The van der Waals surface area contributed by atoms with Crippen LogP contribution in [0.1, 0.15) is 47.6 Å². The lowest BCUT2D eigenvalue weighted by atomic mass is 9.95. The molecule has 0 bridgehead atoms. The van der Waals surface area contributed by atoms with Gasteiger partial charge in [-0.2, -0.15) is 0 Å². The van der Waals surface area contributed by atoms with Crippen molar-refractivity contribution >= 4 is 23.4 Å². The SMILES string of the molecule is CCOC(=O)c1cccc(CC)c1C(Cl)C(C)=O. The summed E-state index contributed by atoms with van der Waals surface area (Å²) in [7, 11) is 0. The molecule has 0 aliphatic heterocycles. The maximum absolute atomic E-state index is 11.9.